The number of ether oxygens (including phenoxy) is 7. The van der Waals surface area contributed by atoms with Gasteiger partial charge < -0.3 is 38.3 Å². The van der Waals surface area contributed by atoms with Crippen LogP contribution >= 0.6 is 0 Å². The fourth-order valence-electron chi connectivity index (χ4n) is 4.15. The number of ketones is 1. The Labute approximate surface area is 234 Å². The van der Waals surface area contributed by atoms with Crippen molar-refractivity contribution in [3.63, 3.8) is 0 Å². The summed E-state index contributed by atoms with van der Waals surface area (Å²) in [4.78, 5) is 13.0. The van der Waals surface area contributed by atoms with Gasteiger partial charge in [0.05, 0.1) is 49.8 Å². The zero-order chi connectivity index (χ0) is 29.2. The maximum Gasteiger partial charge on any atom is 0.203 e. The first-order valence-corrected chi connectivity index (χ1v) is 12.2. The number of carbonyl (C=O) groups excluding carboxylic acids is 1. The molecule has 1 N–H and O–H groups in total. The third-order valence-corrected chi connectivity index (χ3v) is 6.18. The summed E-state index contributed by atoms with van der Waals surface area (Å²) in [5, 5.41) is 10.9. The number of methoxy groups -OCH3 is 7. The van der Waals surface area contributed by atoms with Crippen molar-refractivity contribution < 1.29 is 43.1 Å². The highest BCUT2D eigenvalue weighted by atomic mass is 16.5. The molecular weight excluding hydrogens is 516 g/mol. The summed E-state index contributed by atoms with van der Waals surface area (Å²) in [6.07, 6.45) is 7.08. The number of aromatic hydroxyl groups is 1. The highest BCUT2D eigenvalue weighted by molar-refractivity contribution is 6.05. The molecule has 0 aromatic heterocycles. The van der Waals surface area contributed by atoms with Crippen molar-refractivity contribution in [3.05, 3.63) is 70.8 Å². The van der Waals surface area contributed by atoms with Crippen molar-refractivity contribution in [1.82, 2.24) is 0 Å². The average Bonchev–Trinajstić information content (AvgIpc) is 2.99. The zero-order valence-corrected chi connectivity index (χ0v) is 23.7. The van der Waals surface area contributed by atoms with Crippen molar-refractivity contribution in [3.8, 4) is 46.0 Å². The lowest BCUT2D eigenvalue weighted by atomic mass is 10.00. The molecule has 0 bridgehead atoms. The lowest BCUT2D eigenvalue weighted by Gasteiger charge is -2.13. The Hall–Kier alpha value is -4.79. The normalized spacial score (nSPS) is 11.0. The van der Waals surface area contributed by atoms with Gasteiger partial charge in [-0.15, -0.1) is 0 Å². The Kier molecular flexibility index (Phi) is 10.3. The first-order valence-electron chi connectivity index (χ1n) is 12.2. The van der Waals surface area contributed by atoms with Gasteiger partial charge in [-0.1, -0.05) is 24.3 Å². The second kappa shape index (κ2) is 13.8. The van der Waals surface area contributed by atoms with Crippen molar-refractivity contribution in [2.45, 2.75) is 6.42 Å². The van der Waals surface area contributed by atoms with Gasteiger partial charge in [0.15, 0.2) is 40.3 Å². The molecule has 0 radical (unpaired) electrons. The molecular formula is C31H34O9. The summed E-state index contributed by atoms with van der Waals surface area (Å²) >= 11 is 0. The highest BCUT2D eigenvalue weighted by Gasteiger charge is 2.17. The number of carbonyl (C=O) groups is 1. The first kappa shape index (κ1) is 29.8. The van der Waals surface area contributed by atoms with Crippen molar-refractivity contribution in [1.29, 1.82) is 0 Å². The van der Waals surface area contributed by atoms with Crippen LogP contribution in [0.4, 0.5) is 0 Å². The smallest absolute Gasteiger partial charge is 0.203 e. The predicted molar refractivity (Wildman–Crippen MR) is 153 cm³/mol. The molecule has 0 amide bonds. The zero-order valence-electron chi connectivity index (χ0n) is 23.7. The van der Waals surface area contributed by atoms with E-state index in [9.17, 15) is 9.90 Å². The fourth-order valence-corrected chi connectivity index (χ4v) is 4.15. The van der Waals surface area contributed by atoms with Crippen LogP contribution in [0, 0.1) is 0 Å². The van der Waals surface area contributed by atoms with Crippen molar-refractivity contribution in [2.75, 3.05) is 49.8 Å². The summed E-state index contributed by atoms with van der Waals surface area (Å²) in [7, 11) is 10.6. The van der Waals surface area contributed by atoms with Crippen LogP contribution in [0.15, 0.2) is 48.6 Å². The minimum atomic E-state index is -0.267. The summed E-state index contributed by atoms with van der Waals surface area (Å²) in [6.45, 7) is 0. The molecule has 0 heterocycles. The maximum absolute atomic E-state index is 13.0. The molecule has 0 saturated heterocycles. The molecule has 0 unspecified atom stereocenters. The molecule has 0 aliphatic heterocycles. The SMILES string of the molecule is COc1ccc(/C=C\c2cc(OC)c(OC)c(OC)c2)c(C/C=C\C(=O)c2cc(OC)c(OC)c(OC)c2)c1O. The molecule has 0 aliphatic rings. The van der Waals surface area contributed by atoms with E-state index in [2.05, 4.69) is 0 Å². The first-order chi connectivity index (χ1) is 19.3. The number of hydrogen-bond acceptors (Lipinski definition) is 9. The number of benzene rings is 3. The number of phenolic OH excluding ortho intramolecular Hbond substituents is 1. The van der Waals surface area contributed by atoms with Crippen LogP contribution in [-0.4, -0.2) is 60.7 Å². The Morgan fingerprint density at radius 1 is 0.675 bits per heavy atom. The second-order valence-corrected chi connectivity index (χ2v) is 8.36. The van der Waals surface area contributed by atoms with Crippen LogP contribution in [-0.2, 0) is 6.42 Å². The van der Waals surface area contributed by atoms with E-state index in [-0.39, 0.29) is 18.0 Å². The lowest BCUT2D eigenvalue weighted by molar-refractivity contribution is 0.104. The van der Waals surface area contributed by atoms with Gasteiger partial charge in [0, 0.05) is 11.1 Å². The highest BCUT2D eigenvalue weighted by Crippen LogP contribution is 2.40. The minimum absolute atomic E-state index is 0.0144. The monoisotopic (exact) mass is 550 g/mol. The van der Waals surface area contributed by atoms with Crippen molar-refractivity contribution in [2.24, 2.45) is 0 Å². The lowest BCUT2D eigenvalue weighted by Crippen LogP contribution is -2.01. The molecule has 3 aromatic rings. The number of rotatable bonds is 13. The number of hydrogen-bond donors (Lipinski definition) is 1. The molecule has 40 heavy (non-hydrogen) atoms. The summed E-state index contributed by atoms with van der Waals surface area (Å²) in [6, 6.07) is 10.3. The van der Waals surface area contributed by atoms with Crippen LogP contribution in [0.1, 0.15) is 27.0 Å². The van der Waals surface area contributed by atoms with Gasteiger partial charge in [-0.05, 0) is 54.0 Å². The fraction of sp³-hybridized carbons (Fsp3) is 0.258. The van der Waals surface area contributed by atoms with E-state index >= 15 is 0 Å². The molecule has 0 spiro atoms. The van der Waals surface area contributed by atoms with Gasteiger partial charge in [0.25, 0.3) is 0 Å². The van der Waals surface area contributed by atoms with Crippen LogP contribution in [0.2, 0.25) is 0 Å². The Morgan fingerprint density at radius 2 is 1.18 bits per heavy atom. The van der Waals surface area contributed by atoms with E-state index < -0.39 is 0 Å². The van der Waals surface area contributed by atoms with E-state index in [0.717, 1.165) is 11.1 Å². The molecule has 0 atom stereocenters. The van der Waals surface area contributed by atoms with E-state index in [1.54, 1.807) is 45.6 Å². The molecule has 0 fully saturated rings. The van der Waals surface area contributed by atoms with Crippen LogP contribution in [0.25, 0.3) is 12.2 Å². The van der Waals surface area contributed by atoms with Gasteiger partial charge in [-0.25, -0.2) is 0 Å². The maximum atomic E-state index is 13.0. The summed E-state index contributed by atoms with van der Waals surface area (Å²) in [5.41, 5.74) is 2.47. The number of phenols is 1. The average molecular weight is 551 g/mol. The van der Waals surface area contributed by atoms with Gasteiger partial charge in [-0.2, -0.15) is 0 Å². The molecule has 212 valence electrons. The quantitative estimate of drug-likeness (QED) is 0.165. The molecule has 0 aliphatic carbocycles. The van der Waals surface area contributed by atoms with Crippen molar-refractivity contribution >= 4 is 17.9 Å². The molecule has 3 rings (SSSR count). The van der Waals surface area contributed by atoms with Gasteiger partial charge in [0.1, 0.15) is 0 Å². The number of allylic oxidation sites excluding steroid dienone is 2. The van der Waals surface area contributed by atoms with Crippen LogP contribution in [0.5, 0.6) is 46.0 Å². The molecule has 0 saturated carbocycles. The second-order valence-electron chi connectivity index (χ2n) is 8.36. The van der Waals surface area contributed by atoms with Gasteiger partial charge in [0.2, 0.25) is 11.5 Å². The van der Waals surface area contributed by atoms with Crippen LogP contribution < -0.4 is 33.2 Å². The standard InChI is InChI=1S/C31H34O9/c1-34-24-14-13-20(12-11-19-15-25(35-2)30(39-6)26(16-19)36-3)22(29(24)33)9-8-10-23(32)21-17-27(37-4)31(40-7)28(18-21)38-5/h8,10-18,33H,9H2,1-7H3/b10-8-,12-11-. The van der Waals surface area contributed by atoms with Gasteiger partial charge >= 0.3 is 0 Å². The van der Waals surface area contributed by atoms with Crippen LogP contribution in [0.3, 0.4) is 0 Å². The Morgan fingerprint density at radius 3 is 1.65 bits per heavy atom. The van der Waals surface area contributed by atoms with E-state index in [0.29, 0.717) is 51.4 Å². The largest absolute Gasteiger partial charge is 0.504 e. The Bertz CT molecular complexity index is 1360. The topological polar surface area (TPSA) is 102 Å². The summed E-state index contributed by atoms with van der Waals surface area (Å²) < 4.78 is 37.6. The third-order valence-electron chi connectivity index (χ3n) is 6.18. The minimum Gasteiger partial charge on any atom is -0.504 e. The van der Waals surface area contributed by atoms with Gasteiger partial charge in [-0.3, -0.25) is 4.79 Å². The Balaban J connectivity index is 1.93. The van der Waals surface area contributed by atoms with E-state index in [1.165, 1.54) is 34.5 Å². The molecule has 9 heteroatoms. The van der Waals surface area contributed by atoms with E-state index in [1.807, 2.05) is 30.4 Å². The summed E-state index contributed by atoms with van der Waals surface area (Å²) in [5.74, 6) is 2.73. The third kappa shape index (κ3) is 6.43. The molecule has 3 aromatic carbocycles. The molecule has 9 nitrogen and oxygen atoms in total. The predicted octanol–water partition coefficient (Wildman–Crippen LogP) is 5.60. The van der Waals surface area contributed by atoms with E-state index in [4.69, 9.17) is 33.2 Å².